The fraction of sp³-hybridized carbons (Fsp3) is 0.533. The Morgan fingerprint density at radius 3 is 3.37 bits per heavy atom. The molecule has 2 aromatic heterocycles. The van der Waals surface area contributed by atoms with Crippen molar-refractivity contribution in [2.45, 2.75) is 25.8 Å². The van der Waals surface area contributed by atoms with E-state index in [0.29, 0.717) is 12.0 Å². The Morgan fingerprint density at radius 1 is 1.58 bits per heavy atom. The lowest BCUT2D eigenvalue weighted by molar-refractivity contribution is 0.0540. The molecule has 4 heteroatoms. The third-order valence-corrected chi connectivity index (χ3v) is 4.64. The van der Waals surface area contributed by atoms with E-state index in [1.165, 1.54) is 23.1 Å². The fourth-order valence-electron chi connectivity index (χ4n) is 2.53. The maximum absolute atomic E-state index is 5.52. The molecule has 2 atom stereocenters. The standard InChI is InChI=1S/C15H20N2OS/c1-11(16-8-12-3-2-5-18-10-12)13-7-15-14(17-9-13)4-6-19-15/h4,6-7,9,11-12,16H,2-3,5,8,10H2,1H3. The Bertz CT molecular complexity index is 534. The second-order valence-corrected chi connectivity index (χ2v) is 6.23. The minimum absolute atomic E-state index is 0.348. The number of aromatic nitrogens is 1. The van der Waals surface area contributed by atoms with Crippen molar-refractivity contribution in [3.63, 3.8) is 0 Å². The van der Waals surface area contributed by atoms with Crippen LogP contribution in [0.3, 0.4) is 0 Å². The summed E-state index contributed by atoms with van der Waals surface area (Å²) in [7, 11) is 0. The second-order valence-electron chi connectivity index (χ2n) is 5.29. The van der Waals surface area contributed by atoms with E-state index in [2.05, 4.69) is 34.7 Å². The summed E-state index contributed by atoms with van der Waals surface area (Å²) in [6.45, 7) is 5.08. The van der Waals surface area contributed by atoms with Crippen molar-refractivity contribution in [2.24, 2.45) is 5.92 Å². The van der Waals surface area contributed by atoms with Gasteiger partial charge in [0.2, 0.25) is 0 Å². The lowest BCUT2D eigenvalue weighted by atomic mass is 10.0. The molecule has 2 aromatic rings. The Balaban J connectivity index is 1.60. The first-order valence-corrected chi connectivity index (χ1v) is 7.85. The average Bonchev–Trinajstić information content (AvgIpc) is 2.93. The molecule has 1 N–H and O–H groups in total. The van der Waals surface area contributed by atoms with Gasteiger partial charge in [-0.2, -0.15) is 0 Å². The largest absolute Gasteiger partial charge is 0.381 e. The van der Waals surface area contributed by atoms with Gasteiger partial charge in [0, 0.05) is 25.4 Å². The number of fused-ring (bicyclic) bond motifs is 1. The topological polar surface area (TPSA) is 34.1 Å². The van der Waals surface area contributed by atoms with E-state index >= 15 is 0 Å². The molecule has 102 valence electrons. The van der Waals surface area contributed by atoms with Gasteiger partial charge in [0.15, 0.2) is 0 Å². The normalized spacial score (nSPS) is 21.6. The summed E-state index contributed by atoms with van der Waals surface area (Å²) in [5.41, 5.74) is 2.37. The summed E-state index contributed by atoms with van der Waals surface area (Å²) in [4.78, 5) is 4.50. The average molecular weight is 276 g/mol. The van der Waals surface area contributed by atoms with Crippen LogP contribution in [0, 0.1) is 5.92 Å². The number of nitrogens with one attached hydrogen (secondary N) is 1. The fourth-order valence-corrected chi connectivity index (χ4v) is 3.32. The second kappa shape index (κ2) is 5.99. The quantitative estimate of drug-likeness (QED) is 0.929. The maximum Gasteiger partial charge on any atom is 0.0809 e. The van der Waals surface area contributed by atoms with Gasteiger partial charge in [0.25, 0.3) is 0 Å². The summed E-state index contributed by atoms with van der Waals surface area (Å²) in [6, 6.07) is 4.67. The van der Waals surface area contributed by atoms with E-state index in [0.717, 1.165) is 25.3 Å². The number of hydrogen-bond acceptors (Lipinski definition) is 4. The summed E-state index contributed by atoms with van der Waals surface area (Å²) >= 11 is 1.75. The highest BCUT2D eigenvalue weighted by Crippen LogP contribution is 2.23. The molecular weight excluding hydrogens is 256 g/mol. The van der Waals surface area contributed by atoms with Crippen molar-refractivity contribution in [1.82, 2.24) is 10.3 Å². The van der Waals surface area contributed by atoms with Gasteiger partial charge in [-0.05, 0) is 48.8 Å². The molecule has 0 spiro atoms. The minimum atomic E-state index is 0.348. The van der Waals surface area contributed by atoms with Crippen LogP contribution in [0.5, 0.6) is 0 Å². The van der Waals surface area contributed by atoms with Gasteiger partial charge in [-0.25, -0.2) is 0 Å². The molecule has 1 aliphatic rings. The number of nitrogens with zero attached hydrogens (tertiary/aromatic N) is 1. The van der Waals surface area contributed by atoms with Crippen molar-refractivity contribution in [3.05, 3.63) is 29.3 Å². The zero-order chi connectivity index (χ0) is 13.1. The van der Waals surface area contributed by atoms with Crippen molar-refractivity contribution in [3.8, 4) is 0 Å². The molecule has 0 aliphatic carbocycles. The van der Waals surface area contributed by atoms with Crippen molar-refractivity contribution >= 4 is 21.6 Å². The van der Waals surface area contributed by atoms with Crippen LogP contribution >= 0.6 is 11.3 Å². The molecule has 0 bridgehead atoms. The molecule has 1 saturated heterocycles. The monoisotopic (exact) mass is 276 g/mol. The molecule has 3 rings (SSSR count). The molecule has 1 aliphatic heterocycles. The lowest BCUT2D eigenvalue weighted by Gasteiger charge is -2.24. The molecular formula is C15H20N2OS. The van der Waals surface area contributed by atoms with Gasteiger partial charge in [-0.1, -0.05) is 0 Å². The van der Waals surface area contributed by atoms with Crippen LogP contribution in [0.25, 0.3) is 10.2 Å². The Hall–Kier alpha value is -0.970. The summed E-state index contributed by atoms with van der Waals surface area (Å²) in [5.74, 6) is 0.662. The number of rotatable bonds is 4. The summed E-state index contributed by atoms with van der Waals surface area (Å²) in [6.07, 6.45) is 4.47. The Kier molecular flexibility index (Phi) is 4.11. The lowest BCUT2D eigenvalue weighted by Crippen LogP contribution is -2.30. The molecule has 0 aromatic carbocycles. The molecule has 0 radical (unpaired) electrons. The van der Waals surface area contributed by atoms with Crippen molar-refractivity contribution in [1.29, 1.82) is 0 Å². The number of hydrogen-bond donors (Lipinski definition) is 1. The van der Waals surface area contributed by atoms with Crippen LogP contribution in [0.15, 0.2) is 23.7 Å². The van der Waals surface area contributed by atoms with E-state index in [1.807, 2.05) is 6.20 Å². The minimum Gasteiger partial charge on any atom is -0.381 e. The van der Waals surface area contributed by atoms with E-state index in [-0.39, 0.29) is 0 Å². The van der Waals surface area contributed by atoms with E-state index in [1.54, 1.807) is 11.3 Å². The van der Waals surface area contributed by atoms with E-state index < -0.39 is 0 Å². The van der Waals surface area contributed by atoms with Crippen LogP contribution in [-0.4, -0.2) is 24.7 Å². The highest BCUT2D eigenvalue weighted by atomic mass is 32.1. The molecule has 0 saturated carbocycles. The van der Waals surface area contributed by atoms with Gasteiger partial charge in [0.1, 0.15) is 0 Å². The molecule has 2 unspecified atom stereocenters. The van der Waals surface area contributed by atoms with E-state index in [4.69, 9.17) is 4.74 Å². The number of pyridine rings is 1. The van der Waals surface area contributed by atoms with Crippen LogP contribution in [-0.2, 0) is 4.74 Å². The summed E-state index contributed by atoms with van der Waals surface area (Å²) < 4.78 is 6.79. The number of thiophene rings is 1. The SMILES string of the molecule is CC(NCC1CCCOC1)c1cnc2ccsc2c1. The molecule has 19 heavy (non-hydrogen) atoms. The van der Waals surface area contributed by atoms with Crippen LogP contribution < -0.4 is 5.32 Å². The molecule has 3 nitrogen and oxygen atoms in total. The number of ether oxygens (including phenoxy) is 1. The van der Waals surface area contributed by atoms with Crippen LogP contribution in [0.2, 0.25) is 0 Å². The third kappa shape index (κ3) is 3.14. The van der Waals surface area contributed by atoms with Gasteiger partial charge < -0.3 is 10.1 Å². The molecule has 1 fully saturated rings. The van der Waals surface area contributed by atoms with Gasteiger partial charge in [-0.3, -0.25) is 4.98 Å². The molecule has 3 heterocycles. The van der Waals surface area contributed by atoms with Crippen molar-refractivity contribution in [2.75, 3.05) is 19.8 Å². The zero-order valence-corrected chi connectivity index (χ0v) is 12.1. The Morgan fingerprint density at radius 2 is 2.53 bits per heavy atom. The first-order valence-electron chi connectivity index (χ1n) is 6.97. The van der Waals surface area contributed by atoms with Crippen molar-refractivity contribution < 1.29 is 4.74 Å². The third-order valence-electron chi connectivity index (χ3n) is 3.79. The maximum atomic E-state index is 5.52. The molecule has 0 amide bonds. The highest BCUT2D eigenvalue weighted by Gasteiger charge is 2.15. The first kappa shape index (κ1) is 13.0. The predicted molar refractivity (Wildman–Crippen MR) is 79.6 cm³/mol. The van der Waals surface area contributed by atoms with E-state index in [9.17, 15) is 0 Å². The highest BCUT2D eigenvalue weighted by molar-refractivity contribution is 7.17. The zero-order valence-electron chi connectivity index (χ0n) is 11.3. The Labute approximate surface area is 118 Å². The predicted octanol–water partition coefficient (Wildman–Crippen LogP) is 3.37. The smallest absolute Gasteiger partial charge is 0.0809 e. The first-order chi connectivity index (χ1) is 9.33. The van der Waals surface area contributed by atoms with Gasteiger partial charge in [0.05, 0.1) is 16.8 Å². The van der Waals surface area contributed by atoms with Crippen LogP contribution in [0.4, 0.5) is 0 Å². The van der Waals surface area contributed by atoms with Gasteiger partial charge in [-0.15, -0.1) is 11.3 Å². The summed E-state index contributed by atoms with van der Waals surface area (Å²) in [5, 5.41) is 5.71. The van der Waals surface area contributed by atoms with Gasteiger partial charge >= 0.3 is 0 Å². The van der Waals surface area contributed by atoms with Crippen LogP contribution in [0.1, 0.15) is 31.4 Å².